The van der Waals surface area contributed by atoms with E-state index >= 15 is 0 Å². The maximum atomic E-state index is 12.2. The molecule has 2 aromatic heterocycles. The summed E-state index contributed by atoms with van der Waals surface area (Å²) >= 11 is 1.35. The predicted octanol–water partition coefficient (Wildman–Crippen LogP) is 2.94. The predicted molar refractivity (Wildman–Crippen MR) is 108 cm³/mol. The molecule has 0 bridgehead atoms. The van der Waals surface area contributed by atoms with Gasteiger partial charge in [0.1, 0.15) is 10.8 Å². The molecule has 0 aliphatic rings. The third-order valence-electron chi connectivity index (χ3n) is 4.16. The number of aromatic amines is 1. The van der Waals surface area contributed by atoms with E-state index in [9.17, 15) is 9.59 Å². The van der Waals surface area contributed by atoms with Crippen LogP contribution in [0.15, 0.2) is 59.4 Å². The zero-order valence-electron chi connectivity index (χ0n) is 14.9. The van der Waals surface area contributed by atoms with Crippen LogP contribution in [0, 0.1) is 0 Å². The molecule has 4 rings (SSSR count). The molecule has 0 spiro atoms. The molecule has 0 saturated carbocycles. The standard InChI is InChI=1S/C20H17N5O2S/c26-17(11-10-16-21-15-9-5-4-8-14(15)19(27)22-16)23-20-25-24-18(28-20)12-13-6-2-1-3-7-13/h1-9H,10-12H2,(H,21,22,27)(H,23,25,26). The first-order valence-electron chi connectivity index (χ1n) is 8.81. The largest absolute Gasteiger partial charge is 0.310 e. The molecule has 140 valence electrons. The van der Waals surface area contributed by atoms with Crippen molar-refractivity contribution in [1.82, 2.24) is 20.2 Å². The number of rotatable bonds is 6. The molecule has 28 heavy (non-hydrogen) atoms. The van der Waals surface area contributed by atoms with E-state index in [4.69, 9.17) is 0 Å². The van der Waals surface area contributed by atoms with Gasteiger partial charge in [0.05, 0.1) is 10.9 Å². The summed E-state index contributed by atoms with van der Waals surface area (Å²) in [6, 6.07) is 17.1. The van der Waals surface area contributed by atoms with Crippen LogP contribution in [0.2, 0.25) is 0 Å². The van der Waals surface area contributed by atoms with Crippen LogP contribution in [0.1, 0.15) is 22.8 Å². The van der Waals surface area contributed by atoms with Crippen LogP contribution in [0.25, 0.3) is 10.9 Å². The first-order valence-corrected chi connectivity index (χ1v) is 9.63. The van der Waals surface area contributed by atoms with Gasteiger partial charge in [0, 0.05) is 19.3 Å². The first kappa shape index (κ1) is 18.0. The summed E-state index contributed by atoms with van der Waals surface area (Å²) in [7, 11) is 0. The topological polar surface area (TPSA) is 101 Å². The SMILES string of the molecule is O=C(CCc1nc2ccccc2c(=O)[nH]1)Nc1nnc(Cc2ccccc2)s1. The molecule has 0 radical (unpaired) electrons. The summed E-state index contributed by atoms with van der Waals surface area (Å²) in [5.74, 6) is 0.291. The van der Waals surface area contributed by atoms with E-state index in [1.807, 2.05) is 36.4 Å². The van der Waals surface area contributed by atoms with Crippen molar-refractivity contribution >= 4 is 33.3 Å². The Morgan fingerprint density at radius 3 is 2.68 bits per heavy atom. The number of nitrogens with one attached hydrogen (secondary N) is 2. The minimum atomic E-state index is -0.198. The number of nitrogens with zero attached hydrogens (tertiary/aromatic N) is 3. The third-order valence-corrected chi connectivity index (χ3v) is 5.00. The molecule has 0 unspecified atom stereocenters. The van der Waals surface area contributed by atoms with E-state index in [0.29, 0.717) is 34.7 Å². The lowest BCUT2D eigenvalue weighted by Gasteiger charge is -2.03. The van der Waals surface area contributed by atoms with E-state index in [2.05, 4.69) is 25.5 Å². The molecule has 0 aliphatic heterocycles. The molecule has 0 atom stereocenters. The quantitative estimate of drug-likeness (QED) is 0.526. The van der Waals surface area contributed by atoms with Gasteiger partial charge in [-0.3, -0.25) is 9.59 Å². The van der Waals surface area contributed by atoms with Gasteiger partial charge in [0.2, 0.25) is 11.0 Å². The van der Waals surface area contributed by atoms with Crippen molar-refractivity contribution in [2.45, 2.75) is 19.3 Å². The Labute approximate surface area is 164 Å². The van der Waals surface area contributed by atoms with Crippen molar-refractivity contribution in [2.24, 2.45) is 0 Å². The van der Waals surface area contributed by atoms with Crippen LogP contribution in [0.5, 0.6) is 0 Å². The fraction of sp³-hybridized carbons (Fsp3) is 0.150. The van der Waals surface area contributed by atoms with E-state index in [-0.39, 0.29) is 17.9 Å². The van der Waals surface area contributed by atoms with Gasteiger partial charge < -0.3 is 10.3 Å². The van der Waals surface area contributed by atoms with Crippen molar-refractivity contribution in [2.75, 3.05) is 5.32 Å². The molecule has 2 heterocycles. The highest BCUT2D eigenvalue weighted by atomic mass is 32.1. The lowest BCUT2D eigenvalue weighted by atomic mass is 10.2. The van der Waals surface area contributed by atoms with Crippen molar-refractivity contribution < 1.29 is 4.79 Å². The van der Waals surface area contributed by atoms with Gasteiger partial charge in [-0.15, -0.1) is 10.2 Å². The molecule has 4 aromatic rings. The van der Waals surface area contributed by atoms with Crippen molar-refractivity contribution in [3.05, 3.63) is 81.3 Å². The molecule has 0 saturated heterocycles. The number of fused-ring (bicyclic) bond motifs is 1. The summed E-state index contributed by atoms with van der Waals surface area (Å²) in [5.41, 5.74) is 1.56. The fourth-order valence-corrected chi connectivity index (χ4v) is 3.60. The smallest absolute Gasteiger partial charge is 0.258 e. The van der Waals surface area contributed by atoms with E-state index < -0.39 is 0 Å². The lowest BCUT2D eigenvalue weighted by molar-refractivity contribution is -0.116. The summed E-state index contributed by atoms with van der Waals surface area (Å²) in [4.78, 5) is 31.4. The molecule has 7 nitrogen and oxygen atoms in total. The summed E-state index contributed by atoms with van der Waals surface area (Å²) in [6.07, 6.45) is 1.20. The Balaban J connectivity index is 1.35. The molecular weight excluding hydrogens is 374 g/mol. The van der Waals surface area contributed by atoms with Crippen LogP contribution in [-0.4, -0.2) is 26.1 Å². The highest BCUT2D eigenvalue weighted by molar-refractivity contribution is 7.15. The zero-order chi connectivity index (χ0) is 19.3. The van der Waals surface area contributed by atoms with Crippen molar-refractivity contribution in [1.29, 1.82) is 0 Å². The Hall–Kier alpha value is -3.39. The molecule has 0 fully saturated rings. The second kappa shape index (κ2) is 8.10. The summed E-state index contributed by atoms with van der Waals surface area (Å²) in [6.45, 7) is 0. The van der Waals surface area contributed by atoms with Crippen LogP contribution < -0.4 is 10.9 Å². The minimum absolute atomic E-state index is 0.189. The Kier molecular flexibility index (Phi) is 5.20. The van der Waals surface area contributed by atoms with Gasteiger partial charge in [0.25, 0.3) is 5.56 Å². The lowest BCUT2D eigenvalue weighted by Crippen LogP contribution is -2.16. The number of hydrogen-bond acceptors (Lipinski definition) is 6. The van der Waals surface area contributed by atoms with Gasteiger partial charge in [-0.2, -0.15) is 0 Å². The summed E-state index contributed by atoms with van der Waals surface area (Å²) in [5, 5.41) is 12.7. The summed E-state index contributed by atoms with van der Waals surface area (Å²) < 4.78 is 0. The third kappa shape index (κ3) is 4.29. The van der Waals surface area contributed by atoms with Gasteiger partial charge in [-0.05, 0) is 17.7 Å². The highest BCUT2D eigenvalue weighted by Crippen LogP contribution is 2.18. The van der Waals surface area contributed by atoms with Crippen LogP contribution in [-0.2, 0) is 17.6 Å². The number of carbonyl (C=O) groups excluding carboxylic acids is 1. The number of carbonyl (C=O) groups is 1. The van der Waals surface area contributed by atoms with Crippen LogP contribution in [0.4, 0.5) is 5.13 Å². The number of aromatic nitrogens is 4. The normalized spacial score (nSPS) is 10.9. The number of H-pyrrole nitrogens is 1. The first-order chi connectivity index (χ1) is 13.7. The van der Waals surface area contributed by atoms with Crippen molar-refractivity contribution in [3.63, 3.8) is 0 Å². The minimum Gasteiger partial charge on any atom is -0.310 e. The van der Waals surface area contributed by atoms with Gasteiger partial charge >= 0.3 is 0 Å². The van der Waals surface area contributed by atoms with E-state index in [1.165, 1.54) is 11.3 Å². The Bertz CT molecular complexity index is 1170. The molecule has 8 heteroatoms. The number of benzene rings is 2. The number of anilines is 1. The Morgan fingerprint density at radius 1 is 1.04 bits per heavy atom. The number of para-hydroxylation sites is 1. The molecule has 2 N–H and O–H groups in total. The van der Waals surface area contributed by atoms with Crippen molar-refractivity contribution in [3.8, 4) is 0 Å². The second-order valence-corrected chi connectivity index (χ2v) is 7.30. The Morgan fingerprint density at radius 2 is 1.82 bits per heavy atom. The second-order valence-electron chi connectivity index (χ2n) is 6.24. The van der Waals surface area contributed by atoms with Crippen LogP contribution in [0.3, 0.4) is 0 Å². The number of aryl methyl sites for hydroxylation is 1. The molecule has 0 aliphatic carbocycles. The average Bonchev–Trinajstić information content (AvgIpc) is 3.14. The number of amides is 1. The highest BCUT2D eigenvalue weighted by Gasteiger charge is 2.10. The van der Waals surface area contributed by atoms with Gasteiger partial charge in [-0.1, -0.05) is 53.8 Å². The van der Waals surface area contributed by atoms with E-state index in [1.54, 1.807) is 18.2 Å². The van der Waals surface area contributed by atoms with Crippen LogP contribution >= 0.6 is 11.3 Å². The van der Waals surface area contributed by atoms with E-state index in [0.717, 1.165) is 10.6 Å². The average molecular weight is 391 g/mol. The molecule has 2 aromatic carbocycles. The number of hydrogen-bond donors (Lipinski definition) is 2. The monoisotopic (exact) mass is 391 g/mol. The molecular formula is C20H17N5O2S. The fourth-order valence-electron chi connectivity index (χ4n) is 2.81. The van der Waals surface area contributed by atoms with Gasteiger partial charge in [0.15, 0.2) is 0 Å². The maximum absolute atomic E-state index is 12.2. The zero-order valence-corrected chi connectivity index (χ0v) is 15.7. The van der Waals surface area contributed by atoms with Gasteiger partial charge in [-0.25, -0.2) is 4.98 Å². The molecule has 1 amide bonds. The maximum Gasteiger partial charge on any atom is 0.258 e.